The Morgan fingerprint density at radius 3 is 2.55 bits per heavy atom. The predicted molar refractivity (Wildman–Crippen MR) is 81.4 cm³/mol. The third-order valence-electron chi connectivity index (χ3n) is 4.00. The van der Waals surface area contributed by atoms with E-state index in [1.54, 1.807) is 38.1 Å². The molecule has 1 aliphatic rings. The standard InChI is InChI=1S/C17H24O5/c1-17(2,16(19)20-3)15(18)12-7-9-13(10-8-12)22-14-6-4-5-11-21-14/h7-10,14-15,18H,4-6,11H2,1-3H3. The minimum atomic E-state index is -1.01. The van der Waals surface area contributed by atoms with Crippen LogP contribution in [-0.2, 0) is 14.3 Å². The van der Waals surface area contributed by atoms with Crippen LogP contribution in [0.4, 0.5) is 0 Å². The fourth-order valence-corrected chi connectivity index (χ4v) is 2.48. The Kier molecular flexibility index (Phi) is 5.42. The van der Waals surface area contributed by atoms with E-state index in [2.05, 4.69) is 0 Å². The van der Waals surface area contributed by atoms with Crippen molar-refractivity contribution in [1.82, 2.24) is 0 Å². The van der Waals surface area contributed by atoms with E-state index in [0.29, 0.717) is 11.3 Å². The highest BCUT2D eigenvalue weighted by molar-refractivity contribution is 5.76. The molecule has 2 rings (SSSR count). The predicted octanol–water partition coefficient (Wildman–Crippen LogP) is 2.82. The molecular formula is C17H24O5. The number of hydrogen-bond acceptors (Lipinski definition) is 5. The Morgan fingerprint density at radius 1 is 1.32 bits per heavy atom. The van der Waals surface area contributed by atoms with Gasteiger partial charge >= 0.3 is 5.97 Å². The molecule has 0 saturated carbocycles. The molecule has 5 heteroatoms. The lowest BCUT2D eigenvalue weighted by atomic mass is 9.83. The first-order valence-corrected chi connectivity index (χ1v) is 7.60. The molecule has 2 atom stereocenters. The van der Waals surface area contributed by atoms with Crippen molar-refractivity contribution in [3.63, 3.8) is 0 Å². The molecule has 1 saturated heterocycles. The molecule has 0 spiro atoms. The van der Waals surface area contributed by atoms with Crippen LogP contribution in [0.25, 0.3) is 0 Å². The summed E-state index contributed by atoms with van der Waals surface area (Å²) in [5.74, 6) is 0.245. The Morgan fingerprint density at radius 2 is 2.00 bits per heavy atom. The summed E-state index contributed by atoms with van der Waals surface area (Å²) in [5, 5.41) is 10.4. The SMILES string of the molecule is COC(=O)C(C)(C)C(O)c1ccc(OC2CCCCO2)cc1. The molecule has 22 heavy (non-hydrogen) atoms. The summed E-state index contributed by atoms with van der Waals surface area (Å²) in [5.41, 5.74) is -0.365. The van der Waals surface area contributed by atoms with Crippen LogP contribution in [0.15, 0.2) is 24.3 Å². The van der Waals surface area contributed by atoms with Gasteiger partial charge in [-0.3, -0.25) is 4.79 Å². The van der Waals surface area contributed by atoms with E-state index in [9.17, 15) is 9.90 Å². The highest BCUT2D eigenvalue weighted by Crippen LogP contribution is 2.35. The Hall–Kier alpha value is -1.59. The largest absolute Gasteiger partial charge is 0.469 e. The number of carbonyl (C=O) groups excluding carboxylic acids is 1. The van der Waals surface area contributed by atoms with Crippen molar-refractivity contribution < 1.29 is 24.1 Å². The van der Waals surface area contributed by atoms with Crippen LogP contribution in [-0.4, -0.2) is 31.1 Å². The van der Waals surface area contributed by atoms with E-state index < -0.39 is 17.5 Å². The average Bonchev–Trinajstić information content (AvgIpc) is 2.55. The number of methoxy groups -OCH3 is 1. The van der Waals surface area contributed by atoms with E-state index in [1.807, 2.05) is 0 Å². The van der Waals surface area contributed by atoms with Crippen LogP contribution in [0.3, 0.4) is 0 Å². The molecule has 0 aromatic heterocycles. The normalized spacial score (nSPS) is 20.3. The lowest BCUT2D eigenvalue weighted by Crippen LogP contribution is -2.32. The van der Waals surface area contributed by atoms with Crippen molar-refractivity contribution in [2.75, 3.05) is 13.7 Å². The van der Waals surface area contributed by atoms with Crippen molar-refractivity contribution in [2.45, 2.75) is 45.5 Å². The molecule has 5 nitrogen and oxygen atoms in total. The smallest absolute Gasteiger partial charge is 0.314 e. The van der Waals surface area contributed by atoms with Gasteiger partial charge in [-0.2, -0.15) is 0 Å². The quantitative estimate of drug-likeness (QED) is 0.847. The molecule has 1 aliphatic heterocycles. The van der Waals surface area contributed by atoms with Gasteiger partial charge in [0.05, 0.1) is 25.2 Å². The first-order valence-electron chi connectivity index (χ1n) is 7.60. The Bertz CT molecular complexity index is 488. The maximum atomic E-state index is 11.8. The molecule has 1 heterocycles. The first kappa shape index (κ1) is 16.8. The monoisotopic (exact) mass is 308 g/mol. The second-order valence-electron chi connectivity index (χ2n) is 6.10. The number of aliphatic hydroxyl groups is 1. The molecule has 1 aromatic carbocycles. The van der Waals surface area contributed by atoms with Crippen molar-refractivity contribution in [1.29, 1.82) is 0 Å². The average molecular weight is 308 g/mol. The summed E-state index contributed by atoms with van der Waals surface area (Å²) >= 11 is 0. The molecule has 1 N–H and O–H groups in total. The van der Waals surface area contributed by atoms with Gasteiger partial charge in [-0.05, 0) is 44.4 Å². The fraction of sp³-hybridized carbons (Fsp3) is 0.588. The van der Waals surface area contributed by atoms with E-state index in [4.69, 9.17) is 14.2 Å². The highest BCUT2D eigenvalue weighted by atomic mass is 16.7. The summed E-state index contributed by atoms with van der Waals surface area (Å²) in [6, 6.07) is 7.08. The van der Waals surface area contributed by atoms with Crippen LogP contribution in [0.2, 0.25) is 0 Å². The van der Waals surface area contributed by atoms with Crippen molar-refractivity contribution in [3.05, 3.63) is 29.8 Å². The lowest BCUT2D eigenvalue weighted by molar-refractivity contribution is -0.157. The summed E-state index contributed by atoms with van der Waals surface area (Å²) in [6.07, 6.45) is 1.93. The lowest BCUT2D eigenvalue weighted by Gasteiger charge is -2.28. The van der Waals surface area contributed by atoms with Gasteiger partial charge in [-0.15, -0.1) is 0 Å². The molecular weight excluding hydrogens is 284 g/mol. The number of hydrogen-bond donors (Lipinski definition) is 1. The Labute approximate surface area is 131 Å². The molecule has 1 fully saturated rings. The van der Waals surface area contributed by atoms with Gasteiger partial charge < -0.3 is 19.3 Å². The molecule has 1 aromatic rings. The zero-order chi connectivity index (χ0) is 16.2. The summed E-state index contributed by atoms with van der Waals surface area (Å²) in [6.45, 7) is 4.04. The van der Waals surface area contributed by atoms with Crippen molar-refractivity contribution in [2.24, 2.45) is 5.41 Å². The van der Waals surface area contributed by atoms with Crippen molar-refractivity contribution in [3.8, 4) is 5.75 Å². The number of ether oxygens (including phenoxy) is 3. The van der Waals surface area contributed by atoms with Crippen LogP contribution >= 0.6 is 0 Å². The van der Waals surface area contributed by atoms with Gasteiger partial charge in [-0.1, -0.05) is 12.1 Å². The minimum absolute atomic E-state index is 0.198. The van der Waals surface area contributed by atoms with Gasteiger partial charge in [0, 0.05) is 6.42 Å². The number of carbonyl (C=O) groups is 1. The second kappa shape index (κ2) is 7.11. The van der Waals surface area contributed by atoms with Gasteiger partial charge in [0.15, 0.2) is 6.29 Å². The number of rotatable bonds is 5. The molecule has 0 aliphatic carbocycles. The Balaban J connectivity index is 2.03. The number of benzene rings is 1. The zero-order valence-corrected chi connectivity index (χ0v) is 13.4. The summed E-state index contributed by atoms with van der Waals surface area (Å²) in [7, 11) is 1.32. The topological polar surface area (TPSA) is 65.0 Å². The van der Waals surface area contributed by atoms with E-state index in [1.165, 1.54) is 7.11 Å². The highest BCUT2D eigenvalue weighted by Gasteiger charge is 2.37. The zero-order valence-electron chi connectivity index (χ0n) is 13.4. The van der Waals surface area contributed by atoms with Crippen LogP contribution in [0.1, 0.15) is 44.8 Å². The minimum Gasteiger partial charge on any atom is -0.469 e. The summed E-state index contributed by atoms with van der Waals surface area (Å²) in [4.78, 5) is 11.8. The maximum Gasteiger partial charge on any atom is 0.314 e. The fourth-order valence-electron chi connectivity index (χ4n) is 2.48. The third-order valence-corrected chi connectivity index (χ3v) is 4.00. The molecule has 0 bridgehead atoms. The molecule has 0 amide bonds. The van der Waals surface area contributed by atoms with E-state index >= 15 is 0 Å². The summed E-state index contributed by atoms with van der Waals surface area (Å²) < 4.78 is 16.0. The number of aliphatic hydroxyl groups excluding tert-OH is 1. The molecule has 122 valence electrons. The van der Waals surface area contributed by atoms with E-state index in [-0.39, 0.29) is 6.29 Å². The molecule has 0 radical (unpaired) electrons. The second-order valence-corrected chi connectivity index (χ2v) is 6.10. The van der Waals surface area contributed by atoms with Gasteiger partial charge in [-0.25, -0.2) is 0 Å². The number of esters is 1. The van der Waals surface area contributed by atoms with Gasteiger partial charge in [0.25, 0.3) is 0 Å². The third kappa shape index (κ3) is 3.78. The van der Waals surface area contributed by atoms with Gasteiger partial charge in [0.2, 0.25) is 0 Å². The van der Waals surface area contributed by atoms with Crippen molar-refractivity contribution >= 4 is 5.97 Å². The van der Waals surface area contributed by atoms with Crippen LogP contribution in [0.5, 0.6) is 5.75 Å². The molecule has 2 unspecified atom stereocenters. The van der Waals surface area contributed by atoms with E-state index in [0.717, 1.165) is 25.9 Å². The van der Waals surface area contributed by atoms with Gasteiger partial charge in [0.1, 0.15) is 5.75 Å². The van der Waals surface area contributed by atoms with Crippen LogP contribution < -0.4 is 4.74 Å². The van der Waals surface area contributed by atoms with Crippen LogP contribution in [0, 0.1) is 5.41 Å². The first-order chi connectivity index (χ1) is 10.4. The maximum absolute atomic E-state index is 11.8.